The molecule has 1 aliphatic carbocycles. The quantitative estimate of drug-likeness (QED) is 0.0718. The first-order chi connectivity index (χ1) is 19.8. The van der Waals surface area contributed by atoms with E-state index in [4.69, 9.17) is 9.47 Å². The van der Waals surface area contributed by atoms with Gasteiger partial charge >= 0.3 is 6.16 Å². The standard InChI is InChI=1S/C30H44N2O9/c1-2-31-29(35)15-9-4-3-8-14-25-26(28(34)22-27(25)33)19-18-24(17-16-23-12-6-5-7-13-23)41-30(36)39-20-10-11-21-40-32(37)38/h3,5-8,12-13,18-19,24-28,33-34H,2,4,9-11,14-17,20-22H2,1H3,(H,31,35)/b8-3-,19-18+/t24-,25+,26+,27-,28-/m0/s1. The zero-order valence-corrected chi connectivity index (χ0v) is 23.8. The van der Waals surface area contributed by atoms with E-state index in [0.29, 0.717) is 45.1 Å². The summed E-state index contributed by atoms with van der Waals surface area (Å²) in [7, 11) is 0. The van der Waals surface area contributed by atoms with E-state index in [-0.39, 0.29) is 37.4 Å². The van der Waals surface area contributed by atoms with Crippen LogP contribution in [0.25, 0.3) is 0 Å². The monoisotopic (exact) mass is 576 g/mol. The van der Waals surface area contributed by atoms with Crippen LogP contribution in [0.15, 0.2) is 54.6 Å². The maximum Gasteiger partial charge on any atom is 0.508 e. The van der Waals surface area contributed by atoms with Crippen molar-refractivity contribution in [2.75, 3.05) is 19.8 Å². The molecule has 1 aliphatic rings. The number of carbonyl (C=O) groups is 2. The van der Waals surface area contributed by atoms with Crippen LogP contribution in [0.2, 0.25) is 0 Å². The molecule has 0 radical (unpaired) electrons. The molecule has 1 amide bonds. The van der Waals surface area contributed by atoms with E-state index in [0.717, 1.165) is 18.4 Å². The summed E-state index contributed by atoms with van der Waals surface area (Å²) in [6, 6.07) is 9.78. The topological polar surface area (TPSA) is 157 Å². The fourth-order valence-corrected chi connectivity index (χ4v) is 4.80. The molecular formula is C30H44N2O9. The first-order valence-electron chi connectivity index (χ1n) is 14.4. The molecule has 1 aromatic rings. The van der Waals surface area contributed by atoms with Crippen molar-refractivity contribution in [2.24, 2.45) is 11.8 Å². The van der Waals surface area contributed by atoms with Crippen LogP contribution in [0.3, 0.4) is 0 Å². The van der Waals surface area contributed by atoms with Gasteiger partial charge in [-0.05, 0) is 69.4 Å². The minimum atomic E-state index is -0.864. The molecule has 0 spiro atoms. The van der Waals surface area contributed by atoms with E-state index in [1.54, 1.807) is 6.08 Å². The number of allylic oxidation sites excluding steroid dienone is 2. The number of hydrogen-bond donors (Lipinski definition) is 3. The lowest BCUT2D eigenvalue weighted by atomic mass is 9.89. The van der Waals surface area contributed by atoms with Crippen molar-refractivity contribution < 1.29 is 39.2 Å². The first kappa shape index (κ1) is 33.8. The van der Waals surface area contributed by atoms with Crippen molar-refractivity contribution >= 4 is 12.1 Å². The molecule has 0 unspecified atom stereocenters. The number of carbonyl (C=O) groups excluding carboxylic acids is 2. The van der Waals surface area contributed by atoms with Crippen LogP contribution in [-0.4, -0.2) is 65.4 Å². The molecule has 0 saturated heterocycles. The van der Waals surface area contributed by atoms with Gasteiger partial charge < -0.3 is 29.8 Å². The first-order valence-corrected chi connectivity index (χ1v) is 14.4. The SMILES string of the molecule is CCNC(=O)CCC/C=C\C[C@@H]1[C@@H](/C=C/[C@H](CCc2ccccc2)OC(=O)OCCCCO[N+](=O)[O-])[C@@H](O)C[C@@H]1O. The minimum absolute atomic E-state index is 0.0376. The number of aliphatic hydroxyl groups is 2. The summed E-state index contributed by atoms with van der Waals surface area (Å²) in [5.41, 5.74) is 1.08. The molecule has 0 heterocycles. The molecule has 2 rings (SSSR count). The summed E-state index contributed by atoms with van der Waals surface area (Å²) >= 11 is 0. The van der Waals surface area contributed by atoms with Crippen molar-refractivity contribution in [1.82, 2.24) is 5.32 Å². The van der Waals surface area contributed by atoms with Crippen LogP contribution < -0.4 is 5.32 Å². The highest BCUT2D eigenvalue weighted by molar-refractivity contribution is 5.75. The second-order valence-electron chi connectivity index (χ2n) is 10.1. The fourth-order valence-electron chi connectivity index (χ4n) is 4.80. The second kappa shape index (κ2) is 19.6. The van der Waals surface area contributed by atoms with Gasteiger partial charge in [-0.15, -0.1) is 10.1 Å². The number of hydrogen-bond acceptors (Lipinski definition) is 9. The van der Waals surface area contributed by atoms with E-state index in [1.165, 1.54) is 0 Å². The summed E-state index contributed by atoms with van der Waals surface area (Å²) in [5.74, 6) is -0.468. The summed E-state index contributed by atoms with van der Waals surface area (Å²) in [5, 5.41) is 33.3. The maximum absolute atomic E-state index is 12.3. The third-order valence-corrected chi connectivity index (χ3v) is 6.95. The lowest BCUT2D eigenvalue weighted by molar-refractivity contribution is -0.757. The number of aryl methyl sites for hydroxylation is 1. The zero-order valence-electron chi connectivity index (χ0n) is 23.8. The number of nitrogens with one attached hydrogen (secondary N) is 1. The highest BCUT2D eigenvalue weighted by atomic mass is 16.9. The van der Waals surface area contributed by atoms with Gasteiger partial charge in [0.25, 0.3) is 5.09 Å². The van der Waals surface area contributed by atoms with E-state index >= 15 is 0 Å². The molecule has 0 bridgehead atoms. The molecule has 0 aliphatic heterocycles. The van der Waals surface area contributed by atoms with Crippen LogP contribution in [0.5, 0.6) is 0 Å². The molecule has 3 N–H and O–H groups in total. The molecule has 228 valence electrons. The van der Waals surface area contributed by atoms with Crippen molar-refractivity contribution in [2.45, 2.75) is 83.0 Å². The fraction of sp³-hybridized carbons (Fsp3) is 0.600. The predicted molar refractivity (Wildman–Crippen MR) is 152 cm³/mol. The number of amides is 1. The Bertz CT molecular complexity index is 970. The van der Waals surface area contributed by atoms with Crippen molar-refractivity contribution in [1.29, 1.82) is 0 Å². The highest BCUT2D eigenvalue weighted by Crippen LogP contribution is 2.36. The molecule has 1 aromatic carbocycles. The molecule has 41 heavy (non-hydrogen) atoms. The molecule has 0 aromatic heterocycles. The van der Waals surface area contributed by atoms with Crippen LogP contribution in [-0.2, 0) is 25.5 Å². The molecular weight excluding hydrogens is 532 g/mol. The lowest BCUT2D eigenvalue weighted by Gasteiger charge is -2.20. The molecule has 11 heteroatoms. The van der Waals surface area contributed by atoms with Crippen LogP contribution in [0, 0.1) is 22.0 Å². The molecule has 11 nitrogen and oxygen atoms in total. The van der Waals surface area contributed by atoms with Crippen molar-refractivity contribution in [3.8, 4) is 0 Å². The van der Waals surface area contributed by atoms with Gasteiger partial charge in [-0.3, -0.25) is 4.79 Å². The van der Waals surface area contributed by atoms with Crippen molar-refractivity contribution in [3.05, 3.63) is 70.3 Å². The van der Waals surface area contributed by atoms with Gasteiger partial charge in [0.1, 0.15) is 6.10 Å². The molecule has 1 fully saturated rings. The van der Waals surface area contributed by atoms with E-state index < -0.39 is 29.6 Å². The minimum Gasteiger partial charge on any atom is -0.434 e. The number of rotatable bonds is 19. The number of unbranched alkanes of at least 4 members (excludes halogenated alkanes) is 2. The van der Waals surface area contributed by atoms with E-state index in [1.807, 2.05) is 55.5 Å². The smallest absolute Gasteiger partial charge is 0.434 e. The Balaban J connectivity index is 1.93. The summed E-state index contributed by atoms with van der Waals surface area (Å²) in [6.45, 7) is 2.47. The van der Waals surface area contributed by atoms with Gasteiger partial charge in [-0.25, -0.2) is 4.79 Å². The predicted octanol–water partition coefficient (Wildman–Crippen LogP) is 4.30. The van der Waals surface area contributed by atoms with Crippen LogP contribution >= 0.6 is 0 Å². The molecule has 5 atom stereocenters. The van der Waals surface area contributed by atoms with Crippen molar-refractivity contribution in [3.63, 3.8) is 0 Å². The van der Waals surface area contributed by atoms with Gasteiger partial charge in [-0.2, -0.15) is 0 Å². The van der Waals surface area contributed by atoms with Gasteiger partial charge in [0.05, 0.1) is 25.4 Å². The third kappa shape index (κ3) is 14.1. The van der Waals surface area contributed by atoms with Crippen LogP contribution in [0.4, 0.5) is 4.79 Å². The molecule has 1 saturated carbocycles. The zero-order chi connectivity index (χ0) is 29.9. The Labute approximate surface area is 241 Å². The highest BCUT2D eigenvalue weighted by Gasteiger charge is 2.39. The van der Waals surface area contributed by atoms with Gasteiger partial charge in [0, 0.05) is 25.3 Å². The van der Waals surface area contributed by atoms with E-state index in [9.17, 15) is 29.9 Å². The number of aliphatic hydroxyl groups excluding tert-OH is 2. The average Bonchev–Trinajstić information content (AvgIpc) is 3.21. The average molecular weight is 577 g/mol. The lowest BCUT2D eigenvalue weighted by Crippen LogP contribution is -2.22. The van der Waals surface area contributed by atoms with Gasteiger partial charge in [0.15, 0.2) is 0 Å². The Hall–Kier alpha value is -3.44. The summed E-state index contributed by atoms with van der Waals surface area (Å²) in [6.07, 6.45) is 9.43. The number of nitrogens with zero attached hydrogens (tertiary/aromatic N) is 1. The second-order valence-corrected chi connectivity index (χ2v) is 10.1. The normalized spacial score (nSPS) is 21.1. The largest absolute Gasteiger partial charge is 0.508 e. The maximum atomic E-state index is 12.3. The number of benzene rings is 1. The number of ether oxygens (including phenoxy) is 2. The Morgan fingerprint density at radius 1 is 1.12 bits per heavy atom. The Morgan fingerprint density at radius 3 is 2.61 bits per heavy atom. The van der Waals surface area contributed by atoms with Crippen LogP contribution in [0.1, 0.15) is 63.9 Å². The third-order valence-electron chi connectivity index (χ3n) is 6.95. The Kier molecular flexibility index (Phi) is 16.1. The summed E-state index contributed by atoms with van der Waals surface area (Å²) < 4.78 is 10.7. The Morgan fingerprint density at radius 2 is 1.88 bits per heavy atom. The van der Waals surface area contributed by atoms with Gasteiger partial charge in [0.2, 0.25) is 5.91 Å². The van der Waals surface area contributed by atoms with Gasteiger partial charge in [-0.1, -0.05) is 48.6 Å². The summed E-state index contributed by atoms with van der Waals surface area (Å²) in [4.78, 5) is 38.3. The van der Waals surface area contributed by atoms with E-state index in [2.05, 4.69) is 10.2 Å².